The fraction of sp³-hybridized carbons (Fsp3) is 0.250. The predicted octanol–water partition coefficient (Wildman–Crippen LogP) is 2.93. The maximum absolute atomic E-state index is 5.98. The first kappa shape index (κ1) is 14.8. The average molecular weight is 317 g/mol. The number of rotatable bonds is 5. The molecule has 3 aromatic rings. The topological polar surface area (TPSA) is 66.0 Å². The highest BCUT2D eigenvalue weighted by atomic mass is 35.5. The van der Waals surface area contributed by atoms with Gasteiger partial charge in [-0.25, -0.2) is 9.97 Å². The van der Waals surface area contributed by atoms with Gasteiger partial charge in [0.1, 0.15) is 23.7 Å². The molecule has 0 spiro atoms. The summed E-state index contributed by atoms with van der Waals surface area (Å²) < 4.78 is 7.78. The molecule has 114 valence electrons. The number of halogens is 1. The quantitative estimate of drug-likeness (QED) is 0.786. The van der Waals surface area contributed by atoms with Gasteiger partial charge >= 0.3 is 0 Å². The van der Waals surface area contributed by atoms with Gasteiger partial charge in [0, 0.05) is 19.3 Å². The molecular formula is C16H17ClN4O. The first-order valence-corrected chi connectivity index (χ1v) is 7.45. The normalized spacial score (nSPS) is 11.0. The Hall–Kier alpha value is -2.11. The zero-order valence-corrected chi connectivity index (χ0v) is 13.0. The highest BCUT2D eigenvalue weighted by molar-refractivity contribution is 6.31. The number of imidazole rings is 1. The second kappa shape index (κ2) is 6.34. The molecule has 0 amide bonds. The van der Waals surface area contributed by atoms with Crippen molar-refractivity contribution >= 4 is 22.8 Å². The standard InChI is InChI=1S/C16H17ClN4O/c1-11-2-4-13(5-3-11)22-10-15-20-14-8-12(17)9-19-16(14)21(15)7-6-18/h2-5,8-9H,6-7,10,18H2,1H3. The molecule has 0 saturated heterocycles. The highest BCUT2D eigenvalue weighted by Crippen LogP contribution is 2.19. The van der Waals surface area contributed by atoms with Crippen molar-refractivity contribution < 1.29 is 4.74 Å². The van der Waals surface area contributed by atoms with Crippen molar-refractivity contribution in [3.63, 3.8) is 0 Å². The molecule has 2 N–H and O–H groups in total. The van der Waals surface area contributed by atoms with E-state index >= 15 is 0 Å². The number of hydrogen-bond acceptors (Lipinski definition) is 4. The van der Waals surface area contributed by atoms with Crippen LogP contribution in [0.3, 0.4) is 0 Å². The van der Waals surface area contributed by atoms with Gasteiger partial charge in [-0.1, -0.05) is 29.3 Å². The molecule has 0 unspecified atom stereocenters. The highest BCUT2D eigenvalue weighted by Gasteiger charge is 2.12. The number of nitrogens with two attached hydrogens (primary N) is 1. The van der Waals surface area contributed by atoms with E-state index in [1.807, 2.05) is 35.8 Å². The Morgan fingerprint density at radius 3 is 2.77 bits per heavy atom. The van der Waals surface area contributed by atoms with Gasteiger partial charge in [-0.15, -0.1) is 0 Å². The first-order chi connectivity index (χ1) is 10.7. The lowest BCUT2D eigenvalue weighted by atomic mass is 10.2. The Morgan fingerprint density at radius 1 is 1.27 bits per heavy atom. The van der Waals surface area contributed by atoms with Crippen LogP contribution in [0.15, 0.2) is 36.5 Å². The van der Waals surface area contributed by atoms with Crippen LogP contribution in [0, 0.1) is 6.92 Å². The summed E-state index contributed by atoms with van der Waals surface area (Å²) in [6.45, 7) is 3.54. The van der Waals surface area contributed by atoms with Gasteiger partial charge in [0.25, 0.3) is 0 Å². The third kappa shape index (κ3) is 3.05. The molecule has 0 aliphatic carbocycles. The van der Waals surface area contributed by atoms with E-state index in [9.17, 15) is 0 Å². The van der Waals surface area contributed by atoms with Crippen LogP contribution in [-0.4, -0.2) is 21.1 Å². The second-order valence-electron chi connectivity index (χ2n) is 5.07. The first-order valence-electron chi connectivity index (χ1n) is 7.07. The van der Waals surface area contributed by atoms with Gasteiger partial charge in [0.2, 0.25) is 0 Å². The summed E-state index contributed by atoms with van der Waals surface area (Å²) in [4.78, 5) is 8.90. The minimum Gasteiger partial charge on any atom is -0.486 e. The van der Waals surface area contributed by atoms with E-state index in [1.54, 1.807) is 12.3 Å². The lowest BCUT2D eigenvalue weighted by molar-refractivity contribution is 0.290. The maximum atomic E-state index is 5.98. The van der Waals surface area contributed by atoms with E-state index in [4.69, 9.17) is 22.1 Å². The van der Waals surface area contributed by atoms with Crippen molar-refractivity contribution in [1.29, 1.82) is 0 Å². The van der Waals surface area contributed by atoms with E-state index in [0.717, 1.165) is 22.7 Å². The third-order valence-corrected chi connectivity index (χ3v) is 3.58. The van der Waals surface area contributed by atoms with E-state index < -0.39 is 0 Å². The van der Waals surface area contributed by atoms with E-state index in [1.165, 1.54) is 5.56 Å². The largest absolute Gasteiger partial charge is 0.486 e. The van der Waals surface area contributed by atoms with Crippen molar-refractivity contribution in [3.8, 4) is 5.75 Å². The summed E-state index contributed by atoms with van der Waals surface area (Å²) in [5, 5.41) is 0.566. The average Bonchev–Trinajstić information content (AvgIpc) is 2.84. The summed E-state index contributed by atoms with van der Waals surface area (Å²) >= 11 is 5.98. The van der Waals surface area contributed by atoms with Crippen LogP contribution >= 0.6 is 11.6 Å². The number of pyridine rings is 1. The lowest BCUT2D eigenvalue weighted by Gasteiger charge is -2.09. The number of nitrogens with zero attached hydrogens (tertiary/aromatic N) is 3. The molecule has 2 aromatic heterocycles. The summed E-state index contributed by atoms with van der Waals surface area (Å²) in [6.07, 6.45) is 1.61. The van der Waals surface area contributed by atoms with Crippen LogP contribution in [-0.2, 0) is 13.2 Å². The maximum Gasteiger partial charge on any atom is 0.160 e. The summed E-state index contributed by atoms with van der Waals surface area (Å²) in [5.41, 5.74) is 8.41. The Bertz CT molecular complexity index is 783. The van der Waals surface area contributed by atoms with Crippen molar-refractivity contribution in [2.45, 2.75) is 20.1 Å². The molecule has 0 aliphatic rings. The Balaban J connectivity index is 1.88. The summed E-state index contributed by atoms with van der Waals surface area (Å²) in [7, 11) is 0. The van der Waals surface area contributed by atoms with Crippen molar-refractivity contribution in [3.05, 3.63) is 52.9 Å². The number of benzene rings is 1. The Morgan fingerprint density at radius 2 is 2.05 bits per heavy atom. The minimum atomic E-state index is 0.358. The van der Waals surface area contributed by atoms with Gasteiger partial charge in [-0.05, 0) is 25.1 Å². The van der Waals surface area contributed by atoms with Crippen LogP contribution in [0.4, 0.5) is 0 Å². The fourth-order valence-electron chi connectivity index (χ4n) is 2.29. The smallest absolute Gasteiger partial charge is 0.160 e. The Kier molecular flexibility index (Phi) is 4.27. The van der Waals surface area contributed by atoms with Crippen molar-refractivity contribution in [1.82, 2.24) is 14.5 Å². The second-order valence-corrected chi connectivity index (χ2v) is 5.50. The molecule has 0 radical (unpaired) electrons. The number of hydrogen-bond donors (Lipinski definition) is 1. The minimum absolute atomic E-state index is 0.358. The number of aryl methyl sites for hydroxylation is 1. The molecule has 0 bridgehead atoms. The zero-order chi connectivity index (χ0) is 15.5. The molecule has 0 aliphatic heterocycles. The van der Waals surface area contributed by atoms with E-state index in [2.05, 4.69) is 9.97 Å². The molecule has 3 rings (SSSR count). The SMILES string of the molecule is Cc1ccc(OCc2nc3cc(Cl)cnc3n2CCN)cc1. The summed E-state index contributed by atoms with van der Waals surface area (Å²) in [6, 6.07) is 9.71. The monoisotopic (exact) mass is 316 g/mol. The molecule has 5 nitrogen and oxygen atoms in total. The number of fused-ring (bicyclic) bond motifs is 1. The number of ether oxygens (including phenoxy) is 1. The molecule has 1 aromatic carbocycles. The molecule has 0 fully saturated rings. The van der Waals surface area contributed by atoms with Crippen LogP contribution in [0.1, 0.15) is 11.4 Å². The van der Waals surface area contributed by atoms with Crippen molar-refractivity contribution in [2.24, 2.45) is 5.73 Å². The lowest BCUT2D eigenvalue weighted by Crippen LogP contribution is -2.14. The predicted molar refractivity (Wildman–Crippen MR) is 87.1 cm³/mol. The Labute approximate surface area is 133 Å². The molecule has 6 heteroatoms. The van der Waals surface area contributed by atoms with E-state index in [-0.39, 0.29) is 0 Å². The van der Waals surface area contributed by atoms with Gasteiger partial charge in [0.15, 0.2) is 5.65 Å². The van der Waals surface area contributed by atoms with Crippen LogP contribution in [0.5, 0.6) is 5.75 Å². The third-order valence-electron chi connectivity index (χ3n) is 3.37. The van der Waals surface area contributed by atoms with Gasteiger partial charge in [0.05, 0.1) is 5.02 Å². The van der Waals surface area contributed by atoms with Crippen molar-refractivity contribution in [2.75, 3.05) is 6.54 Å². The molecular weight excluding hydrogens is 300 g/mol. The van der Waals surface area contributed by atoms with Gasteiger partial charge in [-0.3, -0.25) is 0 Å². The molecule has 0 saturated carbocycles. The molecule has 0 atom stereocenters. The zero-order valence-electron chi connectivity index (χ0n) is 12.3. The number of aromatic nitrogens is 3. The van der Waals surface area contributed by atoms with E-state index in [0.29, 0.717) is 24.7 Å². The molecule has 2 heterocycles. The van der Waals surface area contributed by atoms with Gasteiger partial charge < -0.3 is 15.0 Å². The molecule has 22 heavy (non-hydrogen) atoms. The van der Waals surface area contributed by atoms with Crippen LogP contribution in [0.2, 0.25) is 5.02 Å². The van der Waals surface area contributed by atoms with Crippen LogP contribution in [0.25, 0.3) is 11.2 Å². The summed E-state index contributed by atoms with van der Waals surface area (Å²) in [5.74, 6) is 1.60. The fourth-order valence-corrected chi connectivity index (χ4v) is 2.44. The van der Waals surface area contributed by atoms with Crippen LogP contribution < -0.4 is 10.5 Å². The van der Waals surface area contributed by atoms with Gasteiger partial charge in [-0.2, -0.15) is 0 Å².